The van der Waals surface area contributed by atoms with Crippen molar-refractivity contribution in [2.75, 3.05) is 13.7 Å². The Labute approximate surface area is 104 Å². The summed E-state index contributed by atoms with van der Waals surface area (Å²) in [5, 5.41) is 0. The van der Waals surface area contributed by atoms with Crippen LogP contribution in [0, 0.1) is 0 Å². The summed E-state index contributed by atoms with van der Waals surface area (Å²) in [6.45, 7) is 2.67. The number of methoxy groups -OCH3 is 1. The van der Waals surface area contributed by atoms with Crippen molar-refractivity contribution in [1.29, 1.82) is 0 Å². The van der Waals surface area contributed by atoms with Gasteiger partial charge in [-0.1, -0.05) is 26.2 Å². The quantitative estimate of drug-likeness (QED) is 0.438. The van der Waals surface area contributed by atoms with Crippen LogP contribution in [0.2, 0.25) is 0 Å². The fraction of sp³-hybridized carbons (Fsp3) is 0.846. The first-order chi connectivity index (χ1) is 8.20. The molecule has 0 unspecified atom stereocenters. The molecule has 0 aliphatic carbocycles. The number of hydrogen-bond acceptors (Lipinski definition) is 4. The Balaban J connectivity index is 3.26. The highest BCUT2D eigenvalue weighted by Crippen LogP contribution is 2.04. The molecule has 0 rings (SSSR count). The van der Waals surface area contributed by atoms with Gasteiger partial charge in [-0.3, -0.25) is 9.59 Å². The van der Waals surface area contributed by atoms with Gasteiger partial charge < -0.3 is 9.47 Å². The van der Waals surface area contributed by atoms with Gasteiger partial charge in [0.15, 0.2) is 0 Å². The van der Waals surface area contributed by atoms with Gasteiger partial charge in [-0.05, 0) is 19.3 Å². The second-order valence-electron chi connectivity index (χ2n) is 4.06. The van der Waals surface area contributed by atoms with Gasteiger partial charge in [-0.25, -0.2) is 0 Å². The van der Waals surface area contributed by atoms with Crippen molar-refractivity contribution < 1.29 is 19.1 Å². The van der Waals surface area contributed by atoms with Crippen LogP contribution in [0.3, 0.4) is 0 Å². The molecule has 0 aliphatic rings. The molecule has 4 heteroatoms. The van der Waals surface area contributed by atoms with Crippen LogP contribution in [0.1, 0.15) is 58.3 Å². The van der Waals surface area contributed by atoms with Gasteiger partial charge in [0, 0.05) is 12.8 Å². The Bertz CT molecular complexity index is 213. The maximum absolute atomic E-state index is 11.3. The van der Waals surface area contributed by atoms with Gasteiger partial charge in [0.05, 0.1) is 13.7 Å². The molecule has 0 saturated carbocycles. The highest BCUT2D eigenvalue weighted by atomic mass is 16.5. The number of unbranched alkanes of at least 4 members (excludes halogenated alkanes) is 4. The van der Waals surface area contributed by atoms with E-state index >= 15 is 0 Å². The van der Waals surface area contributed by atoms with Gasteiger partial charge >= 0.3 is 11.9 Å². The Kier molecular flexibility index (Phi) is 10.7. The lowest BCUT2D eigenvalue weighted by Gasteiger charge is -2.04. The van der Waals surface area contributed by atoms with Gasteiger partial charge in [0.2, 0.25) is 0 Å². The third-order valence-corrected chi connectivity index (χ3v) is 2.50. The first-order valence-corrected chi connectivity index (χ1v) is 6.43. The number of carbonyl (C=O) groups excluding carboxylic acids is 2. The van der Waals surface area contributed by atoms with Crippen LogP contribution in [-0.2, 0) is 19.1 Å². The number of ether oxygens (including phenoxy) is 2. The molecular formula is C13H24O4. The molecule has 0 fully saturated rings. The van der Waals surface area contributed by atoms with E-state index in [2.05, 4.69) is 11.7 Å². The van der Waals surface area contributed by atoms with E-state index in [1.54, 1.807) is 0 Å². The van der Waals surface area contributed by atoms with E-state index in [9.17, 15) is 9.59 Å². The van der Waals surface area contributed by atoms with Crippen molar-refractivity contribution >= 4 is 11.9 Å². The Hall–Kier alpha value is -1.06. The van der Waals surface area contributed by atoms with E-state index in [-0.39, 0.29) is 11.9 Å². The van der Waals surface area contributed by atoms with Crippen LogP contribution in [0.5, 0.6) is 0 Å². The van der Waals surface area contributed by atoms with Crippen LogP contribution in [-0.4, -0.2) is 25.7 Å². The summed E-state index contributed by atoms with van der Waals surface area (Å²) in [7, 11) is 1.37. The highest BCUT2D eigenvalue weighted by Gasteiger charge is 2.04. The lowest BCUT2D eigenvalue weighted by atomic mass is 10.2. The molecule has 0 radical (unpaired) electrons. The molecule has 0 bridgehead atoms. The van der Waals surface area contributed by atoms with Crippen LogP contribution in [0.4, 0.5) is 0 Å². The normalized spacial score (nSPS) is 10.0. The molecule has 17 heavy (non-hydrogen) atoms. The van der Waals surface area contributed by atoms with E-state index in [1.165, 1.54) is 20.0 Å². The molecule has 4 nitrogen and oxygen atoms in total. The minimum absolute atomic E-state index is 0.161. The fourth-order valence-electron chi connectivity index (χ4n) is 1.43. The van der Waals surface area contributed by atoms with Crippen molar-refractivity contribution in [3.05, 3.63) is 0 Å². The van der Waals surface area contributed by atoms with Crippen molar-refractivity contribution in [3.8, 4) is 0 Å². The molecule has 0 aliphatic heterocycles. The summed E-state index contributed by atoms with van der Waals surface area (Å²) in [6, 6.07) is 0. The highest BCUT2D eigenvalue weighted by molar-refractivity contribution is 5.70. The summed E-state index contributed by atoms with van der Waals surface area (Å²) in [4.78, 5) is 22.0. The molecule has 0 amide bonds. The SMILES string of the molecule is CCCCCCOC(=O)CCCCC(=O)OC. The number of hydrogen-bond donors (Lipinski definition) is 0. The third-order valence-electron chi connectivity index (χ3n) is 2.50. The lowest BCUT2D eigenvalue weighted by molar-refractivity contribution is -0.145. The molecule has 0 heterocycles. The number of rotatable bonds is 10. The van der Waals surface area contributed by atoms with Gasteiger partial charge in [-0.2, -0.15) is 0 Å². The zero-order valence-electron chi connectivity index (χ0n) is 11.0. The largest absolute Gasteiger partial charge is 0.469 e. The molecule has 100 valence electrons. The summed E-state index contributed by atoms with van der Waals surface area (Å²) in [5.74, 6) is -0.385. The zero-order valence-corrected chi connectivity index (χ0v) is 11.0. The van der Waals surface area contributed by atoms with Crippen molar-refractivity contribution in [3.63, 3.8) is 0 Å². The molecule has 0 aromatic rings. The maximum Gasteiger partial charge on any atom is 0.305 e. The third kappa shape index (κ3) is 11.2. The standard InChI is InChI=1S/C13H24O4/c1-3-4-5-8-11-17-13(15)10-7-6-9-12(14)16-2/h3-11H2,1-2H3. The zero-order chi connectivity index (χ0) is 12.9. The Morgan fingerprint density at radius 2 is 1.53 bits per heavy atom. The molecule has 0 atom stereocenters. The second-order valence-corrected chi connectivity index (χ2v) is 4.06. The number of esters is 2. The lowest BCUT2D eigenvalue weighted by Crippen LogP contribution is -2.06. The van der Waals surface area contributed by atoms with E-state index in [1.807, 2.05) is 0 Å². The molecule has 0 spiro atoms. The average molecular weight is 244 g/mol. The monoisotopic (exact) mass is 244 g/mol. The summed E-state index contributed by atoms with van der Waals surface area (Å²) >= 11 is 0. The van der Waals surface area contributed by atoms with Crippen molar-refractivity contribution in [1.82, 2.24) is 0 Å². The predicted molar refractivity (Wildman–Crippen MR) is 65.6 cm³/mol. The van der Waals surface area contributed by atoms with E-state index in [0.29, 0.717) is 32.3 Å². The average Bonchev–Trinajstić information content (AvgIpc) is 2.34. The number of carbonyl (C=O) groups is 2. The van der Waals surface area contributed by atoms with Gasteiger partial charge in [-0.15, -0.1) is 0 Å². The minimum atomic E-state index is -0.224. The van der Waals surface area contributed by atoms with Crippen LogP contribution in [0.25, 0.3) is 0 Å². The topological polar surface area (TPSA) is 52.6 Å². The predicted octanol–water partition coefficient (Wildman–Crippen LogP) is 2.84. The molecule has 0 saturated heterocycles. The van der Waals surface area contributed by atoms with Crippen molar-refractivity contribution in [2.24, 2.45) is 0 Å². The summed E-state index contributed by atoms with van der Waals surface area (Å²) in [5.41, 5.74) is 0. The molecule has 0 N–H and O–H groups in total. The van der Waals surface area contributed by atoms with Crippen LogP contribution < -0.4 is 0 Å². The smallest absolute Gasteiger partial charge is 0.305 e. The van der Waals surface area contributed by atoms with E-state index in [0.717, 1.165) is 12.8 Å². The molecular weight excluding hydrogens is 220 g/mol. The minimum Gasteiger partial charge on any atom is -0.469 e. The second kappa shape index (κ2) is 11.4. The Morgan fingerprint density at radius 3 is 2.12 bits per heavy atom. The molecule has 0 aromatic heterocycles. The Morgan fingerprint density at radius 1 is 0.882 bits per heavy atom. The van der Waals surface area contributed by atoms with E-state index < -0.39 is 0 Å². The van der Waals surface area contributed by atoms with E-state index in [4.69, 9.17) is 4.74 Å². The van der Waals surface area contributed by atoms with Gasteiger partial charge in [0.25, 0.3) is 0 Å². The van der Waals surface area contributed by atoms with Crippen LogP contribution in [0.15, 0.2) is 0 Å². The van der Waals surface area contributed by atoms with Gasteiger partial charge in [0.1, 0.15) is 0 Å². The molecule has 0 aromatic carbocycles. The van der Waals surface area contributed by atoms with Crippen molar-refractivity contribution in [2.45, 2.75) is 58.3 Å². The summed E-state index contributed by atoms with van der Waals surface area (Å²) in [6.07, 6.45) is 6.57. The summed E-state index contributed by atoms with van der Waals surface area (Å²) < 4.78 is 9.57. The van der Waals surface area contributed by atoms with Crippen LogP contribution >= 0.6 is 0 Å². The first-order valence-electron chi connectivity index (χ1n) is 6.43. The first kappa shape index (κ1) is 15.9. The fourth-order valence-corrected chi connectivity index (χ4v) is 1.43. The maximum atomic E-state index is 11.3.